The van der Waals surface area contributed by atoms with Crippen molar-refractivity contribution in [3.8, 4) is 0 Å². The zero-order valence-corrected chi connectivity index (χ0v) is 16.2. The maximum Gasteiger partial charge on any atom is 0.334 e. The van der Waals surface area contributed by atoms with Crippen LogP contribution in [0.15, 0.2) is 0 Å². The third kappa shape index (κ3) is 12.3. The first-order valence-electron chi connectivity index (χ1n) is 8.98. The van der Waals surface area contributed by atoms with E-state index in [1.807, 2.05) is 20.8 Å². The van der Waals surface area contributed by atoms with Crippen molar-refractivity contribution < 1.29 is 13.6 Å². The monoisotopic (exact) mass is 331 g/mol. The van der Waals surface area contributed by atoms with Crippen molar-refractivity contribution in [2.75, 3.05) is 13.2 Å². The Bertz CT molecular complexity index is 279. The van der Waals surface area contributed by atoms with Crippen LogP contribution in [0.3, 0.4) is 0 Å². The molecule has 0 fully saturated rings. The maximum atomic E-state index is 11.6. The Morgan fingerprint density at radius 3 is 2.09 bits per heavy atom. The summed E-state index contributed by atoms with van der Waals surface area (Å²) in [7, 11) is -1.92. The van der Waals surface area contributed by atoms with E-state index in [0.29, 0.717) is 12.2 Å². The highest BCUT2D eigenvalue weighted by Crippen LogP contribution is 2.19. The zero-order valence-electron chi connectivity index (χ0n) is 15.2. The predicted octanol–water partition coefficient (Wildman–Crippen LogP) is 4.17. The minimum atomic E-state index is -1.92. The number of carbonyl (C=O) groups excluding carboxylic acids is 1. The minimum Gasteiger partial charge on any atom is -0.395 e. The standard InChI is InChI=1S/C17H37NO3Si/c1-5-20-22(4,21-6-2)15-11-9-7-8-10-12-17(19)14-13-16(3)18/h16H,5-15,18H2,1-4H3/t16-/m1/s1. The largest absolute Gasteiger partial charge is 0.395 e. The molecule has 1 atom stereocenters. The van der Waals surface area contributed by atoms with Crippen molar-refractivity contribution in [2.24, 2.45) is 5.73 Å². The Kier molecular flexibility index (Phi) is 13.1. The van der Waals surface area contributed by atoms with Crippen LogP contribution < -0.4 is 5.73 Å². The number of Topliss-reactive ketones (excluding diaryl/α,β-unsaturated/α-hetero) is 1. The fourth-order valence-corrected chi connectivity index (χ4v) is 5.09. The van der Waals surface area contributed by atoms with Crippen molar-refractivity contribution in [3.63, 3.8) is 0 Å². The predicted molar refractivity (Wildman–Crippen MR) is 95.3 cm³/mol. The number of carbonyl (C=O) groups is 1. The molecule has 5 heteroatoms. The Labute approximate surface area is 138 Å². The molecule has 0 aromatic heterocycles. The lowest BCUT2D eigenvalue weighted by molar-refractivity contribution is -0.119. The van der Waals surface area contributed by atoms with Gasteiger partial charge in [-0.25, -0.2) is 0 Å². The van der Waals surface area contributed by atoms with Gasteiger partial charge in [0.1, 0.15) is 5.78 Å². The van der Waals surface area contributed by atoms with E-state index in [1.165, 1.54) is 19.3 Å². The van der Waals surface area contributed by atoms with E-state index in [1.54, 1.807) is 0 Å². The summed E-state index contributed by atoms with van der Waals surface area (Å²) in [6, 6.07) is 1.21. The molecule has 0 unspecified atom stereocenters. The van der Waals surface area contributed by atoms with Crippen molar-refractivity contribution >= 4 is 14.3 Å². The molecule has 2 N–H and O–H groups in total. The first-order chi connectivity index (χ1) is 10.4. The van der Waals surface area contributed by atoms with Crippen LogP contribution in [-0.4, -0.2) is 33.6 Å². The van der Waals surface area contributed by atoms with Crippen LogP contribution in [0.2, 0.25) is 12.6 Å². The van der Waals surface area contributed by atoms with Gasteiger partial charge in [-0.05, 0) is 46.2 Å². The van der Waals surface area contributed by atoms with E-state index in [2.05, 4.69) is 6.55 Å². The van der Waals surface area contributed by atoms with Gasteiger partial charge in [0.05, 0.1) is 0 Å². The summed E-state index contributed by atoms with van der Waals surface area (Å²) >= 11 is 0. The molecule has 0 heterocycles. The zero-order chi connectivity index (χ0) is 16.8. The van der Waals surface area contributed by atoms with Gasteiger partial charge in [0.2, 0.25) is 0 Å². The van der Waals surface area contributed by atoms with E-state index >= 15 is 0 Å². The molecule has 0 rings (SSSR count). The second kappa shape index (κ2) is 13.2. The van der Waals surface area contributed by atoms with Gasteiger partial charge < -0.3 is 14.6 Å². The van der Waals surface area contributed by atoms with Gasteiger partial charge in [0.15, 0.2) is 0 Å². The normalized spacial score (nSPS) is 13.3. The lowest BCUT2D eigenvalue weighted by atomic mass is 10.0. The summed E-state index contributed by atoms with van der Waals surface area (Å²) in [6.07, 6.45) is 7.91. The maximum absolute atomic E-state index is 11.6. The molecule has 0 aromatic rings. The van der Waals surface area contributed by atoms with Crippen LogP contribution in [0.25, 0.3) is 0 Å². The molecule has 0 aromatic carbocycles. The molecule has 22 heavy (non-hydrogen) atoms. The Morgan fingerprint density at radius 1 is 1.00 bits per heavy atom. The molecule has 0 aliphatic rings. The average Bonchev–Trinajstić information content (AvgIpc) is 2.44. The van der Waals surface area contributed by atoms with E-state index in [9.17, 15) is 4.79 Å². The number of unbranched alkanes of at least 4 members (excludes halogenated alkanes) is 4. The third-order valence-electron chi connectivity index (χ3n) is 3.86. The van der Waals surface area contributed by atoms with Crippen molar-refractivity contribution in [2.45, 2.75) is 90.8 Å². The van der Waals surface area contributed by atoms with Gasteiger partial charge in [-0.15, -0.1) is 0 Å². The van der Waals surface area contributed by atoms with Crippen molar-refractivity contribution in [1.82, 2.24) is 0 Å². The first-order valence-corrected chi connectivity index (χ1v) is 11.5. The van der Waals surface area contributed by atoms with Gasteiger partial charge in [-0.3, -0.25) is 4.79 Å². The summed E-state index contributed by atoms with van der Waals surface area (Å²) in [6.45, 7) is 9.67. The Hall–Kier alpha value is -0.233. The second-order valence-corrected chi connectivity index (χ2v) is 9.67. The van der Waals surface area contributed by atoms with Gasteiger partial charge >= 0.3 is 8.56 Å². The third-order valence-corrected chi connectivity index (χ3v) is 6.92. The quantitative estimate of drug-likeness (QED) is 0.361. The summed E-state index contributed by atoms with van der Waals surface area (Å²) in [5, 5.41) is 0. The highest BCUT2D eigenvalue weighted by atomic mass is 28.4. The summed E-state index contributed by atoms with van der Waals surface area (Å²) < 4.78 is 11.7. The first kappa shape index (κ1) is 21.8. The number of hydrogen-bond donors (Lipinski definition) is 1. The molecular weight excluding hydrogens is 294 g/mol. The lowest BCUT2D eigenvalue weighted by Gasteiger charge is -2.25. The van der Waals surface area contributed by atoms with Gasteiger partial charge in [-0.2, -0.15) is 0 Å². The van der Waals surface area contributed by atoms with Crippen molar-refractivity contribution in [3.05, 3.63) is 0 Å². The highest BCUT2D eigenvalue weighted by molar-refractivity contribution is 6.66. The van der Waals surface area contributed by atoms with Crippen LogP contribution in [0.5, 0.6) is 0 Å². The van der Waals surface area contributed by atoms with E-state index in [0.717, 1.165) is 44.9 Å². The van der Waals surface area contributed by atoms with Crippen LogP contribution in [0, 0.1) is 0 Å². The molecule has 0 amide bonds. The topological polar surface area (TPSA) is 61.5 Å². The minimum absolute atomic E-state index is 0.137. The molecule has 0 aliphatic heterocycles. The van der Waals surface area contributed by atoms with Crippen LogP contribution in [0.1, 0.15) is 72.1 Å². The number of nitrogens with two attached hydrogens (primary N) is 1. The van der Waals surface area contributed by atoms with E-state index in [4.69, 9.17) is 14.6 Å². The molecule has 0 bridgehead atoms. The fourth-order valence-electron chi connectivity index (χ4n) is 2.61. The van der Waals surface area contributed by atoms with Gasteiger partial charge in [0, 0.05) is 32.1 Å². The number of hydrogen-bond acceptors (Lipinski definition) is 4. The summed E-state index contributed by atoms with van der Waals surface area (Å²) in [5.41, 5.74) is 5.66. The fraction of sp³-hybridized carbons (Fsp3) is 0.941. The molecule has 4 nitrogen and oxygen atoms in total. The molecule has 0 saturated heterocycles. The molecule has 0 spiro atoms. The second-order valence-electron chi connectivity index (χ2n) is 6.32. The molecule has 0 aliphatic carbocycles. The van der Waals surface area contributed by atoms with Gasteiger partial charge in [-0.1, -0.05) is 25.7 Å². The summed E-state index contributed by atoms with van der Waals surface area (Å²) in [4.78, 5) is 11.6. The van der Waals surface area contributed by atoms with Crippen molar-refractivity contribution in [1.29, 1.82) is 0 Å². The SMILES string of the molecule is CCO[Si](C)(CCCCCCCC(=O)CC[C@@H](C)N)OCC. The average molecular weight is 332 g/mol. The van der Waals surface area contributed by atoms with Crippen LogP contribution >= 0.6 is 0 Å². The molecule has 0 saturated carbocycles. The number of rotatable bonds is 15. The highest BCUT2D eigenvalue weighted by Gasteiger charge is 2.29. The smallest absolute Gasteiger partial charge is 0.334 e. The number of ketones is 1. The van der Waals surface area contributed by atoms with Gasteiger partial charge in [0.25, 0.3) is 0 Å². The molecule has 0 radical (unpaired) electrons. The van der Waals surface area contributed by atoms with E-state index < -0.39 is 8.56 Å². The Morgan fingerprint density at radius 2 is 1.55 bits per heavy atom. The van der Waals surface area contributed by atoms with Crippen LogP contribution in [-0.2, 0) is 13.6 Å². The van der Waals surface area contributed by atoms with E-state index in [-0.39, 0.29) is 6.04 Å². The summed E-state index contributed by atoms with van der Waals surface area (Å²) in [5.74, 6) is 0.366. The molecule has 132 valence electrons. The molecular formula is C17H37NO3Si. The lowest BCUT2D eigenvalue weighted by Crippen LogP contribution is -2.38. The Balaban J connectivity index is 3.58. The van der Waals surface area contributed by atoms with Crippen LogP contribution in [0.4, 0.5) is 0 Å².